The lowest BCUT2D eigenvalue weighted by Gasteiger charge is -2.36. The van der Waals surface area contributed by atoms with Crippen molar-refractivity contribution in [2.24, 2.45) is 11.8 Å². The van der Waals surface area contributed by atoms with Crippen LogP contribution in [0, 0.1) is 28.9 Å². The maximum Gasteiger partial charge on any atom is 0.289 e. The molecule has 174 valence electrons. The van der Waals surface area contributed by atoms with Crippen molar-refractivity contribution in [1.29, 1.82) is 0 Å². The fourth-order valence-electron chi connectivity index (χ4n) is 6.43. The van der Waals surface area contributed by atoms with Gasteiger partial charge in [0.25, 0.3) is 5.69 Å². The minimum Gasteiger partial charge on any atom is -0.324 e. The first-order valence-electron chi connectivity index (χ1n) is 10.9. The molecule has 1 spiro atoms. The number of rotatable bonds is 2. The second kappa shape index (κ2) is 7.00. The van der Waals surface area contributed by atoms with E-state index < -0.39 is 39.8 Å². The third kappa shape index (κ3) is 2.41. The quantitative estimate of drug-likeness (QED) is 0.382. The van der Waals surface area contributed by atoms with Crippen LogP contribution >= 0.6 is 23.2 Å². The van der Waals surface area contributed by atoms with E-state index in [1.54, 1.807) is 19.1 Å². The van der Waals surface area contributed by atoms with Crippen LogP contribution in [0.3, 0.4) is 0 Å². The molecule has 0 unspecified atom stereocenters. The molecule has 0 radical (unpaired) electrons. The first-order valence-corrected chi connectivity index (χ1v) is 11.6. The van der Waals surface area contributed by atoms with Gasteiger partial charge in [-0.25, -0.2) is 4.90 Å². The van der Waals surface area contributed by atoms with Gasteiger partial charge >= 0.3 is 0 Å². The van der Waals surface area contributed by atoms with Crippen LogP contribution in [-0.4, -0.2) is 40.1 Å². The zero-order valence-corrected chi connectivity index (χ0v) is 19.4. The molecule has 0 saturated carbocycles. The molecular formula is C23H18Cl2N4O5. The number of amides is 3. The molecule has 4 atom stereocenters. The minimum atomic E-state index is -1.34. The van der Waals surface area contributed by atoms with E-state index >= 15 is 0 Å². The number of imide groups is 1. The Hall–Kier alpha value is -3.01. The number of nitrogens with zero attached hydrogens (tertiary/aromatic N) is 3. The van der Waals surface area contributed by atoms with Crippen molar-refractivity contribution in [2.75, 3.05) is 16.8 Å². The van der Waals surface area contributed by atoms with E-state index in [0.29, 0.717) is 34.8 Å². The normalized spacial score (nSPS) is 29.6. The molecule has 11 heteroatoms. The molecule has 4 aliphatic heterocycles. The number of halogens is 2. The third-order valence-electron chi connectivity index (χ3n) is 7.75. The van der Waals surface area contributed by atoms with E-state index in [9.17, 15) is 24.5 Å². The number of nitro groups is 1. The van der Waals surface area contributed by atoms with Crippen LogP contribution in [0.4, 0.5) is 17.1 Å². The van der Waals surface area contributed by atoms with Crippen molar-refractivity contribution < 1.29 is 19.3 Å². The average Bonchev–Trinajstić information content (AvgIpc) is 3.50. The topological polar surface area (TPSA) is 113 Å². The standard InChI is InChI=1S/C23H18Cl2N4O5/c1-10-13(24)7-5-12-19(10)26-22(32)23(12)18-17(15-3-2-8-27(15)23)20(30)28(21(18)31)11-4-6-14(25)16(9-11)29(33)34/h4-7,9,15,17-18H,2-3,8H2,1H3,(H,26,32)/t15-,17-,18-,23+/m1/s1. The summed E-state index contributed by atoms with van der Waals surface area (Å²) >= 11 is 12.2. The summed E-state index contributed by atoms with van der Waals surface area (Å²) in [4.78, 5) is 55.1. The molecule has 6 rings (SSSR count). The summed E-state index contributed by atoms with van der Waals surface area (Å²) in [5, 5.41) is 14.7. The largest absolute Gasteiger partial charge is 0.324 e. The number of fused-ring (bicyclic) bond motifs is 7. The molecule has 4 aliphatic rings. The maximum atomic E-state index is 13.9. The van der Waals surface area contributed by atoms with Gasteiger partial charge in [0.15, 0.2) is 0 Å². The van der Waals surface area contributed by atoms with Crippen LogP contribution < -0.4 is 10.2 Å². The highest BCUT2D eigenvalue weighted by Gasteiger charge is 2.74. The summed E-state index contributed by atoms with van der Waals surface area (Å²) in [6.45, 7) is 2.38. The average molecular weight is 501 g/mol. The number of carbonyl (C=O) groups is 3. The number of hydrogen-bond donors (Lipinski definition) is 1. The predicted molar refractivity (Wildman–Crippen MR) is 124 cm³/mol. The zero-order chi connectivity index (χ0) is 24.1. The summed E-state index contributed by atoms with van der Waals surface area (Å²) in [6, 6.07) is 7.01. The molecule has 0 aliphatic carbocycles. The second-order valence-electron chi connectivity index (χ2n) is 9.13. The third-order valence-corrected chi connectivity index (χ3v) is 8.48. The Labute approximate surface area is 203 Å². The zero-order valence-electron chi connectivity index (χ0n) is 17.9. The van der Waals surface area contributed by atoms with E-state index in [-0.39, 0.29) is 22.7 Å². The molecule has 3 fully saturated rings. The lowest BCUT2D eigenvalue weighted by Crippen LogP contribution is -2.54. The highest BCUT2D eigenvalue weighted by atomic mass is 35.5. The summed E-state index contributed by atoms with van der Waals surface area (Å²) in [5.74, 6) is -3.04. The smallest absolute Gasteiger partial charge is 0.289 e. The molecule has 0 bridgehead atoms. The molecule has 34 heavy (non-hydrogen) atoms. The van der Waals surface area contributed by atoms with E-state index in [0.717, 1.165) is 17.4 Å². The Bertz CT molecular complexity index is 1350. The molecule has 0 aromatic heterocycles. The molecule has 9 nitrogen and oxygen atoms in total. The predicted octanol–water partition coefficient (Wildman–Crippen LogP) is 3.64. The molecule has 2 aromatic carbocycles. The lowest BCUT2D eigenvalue weighted by atomic mass is 9.75. The number of nitro benzene ring substituents is 1. The summed E-state index contributed by atoms with van der Waals surface area (Å²) in [7, 11) is 0. The molecule has 2 aromatic rings. The Balaban J connectivity index is 1.54. The van der Waals surface area contributed by atoms with Gasteiger partial charge in [0.1, 0.15) is 10.6 Å². The number of anilines is 2. The molecule has 3 amide bonds. The van der Waals surface area contributed by atoms with Gasteiger partial charge in [-0.05, 0) is 50.1 Å². The Morgan fingerprint density at radius 1 is 1.12 bits per heavy atom. The highest BCUT2D eigenvalue weighted by Crippen LogP contribution is 2.61. The first-order chi connectivity index (χ1) is 16.2. The number of carbonyl (C=O) groups excluding carboxylic acids is 3. The fraction of sp³-hybridized carbons (Fsp3) is 0.348. The van der Waals surface area contributed by atoms with Crippen molar-refractivity contribution in [3.8, 4) is 0 Å². The highest BCUT2D eigenvalue weighted by molar-refractivity contribution is 6.33. The second-order valence-corrected chi connectivity index (χ2v) is 9.94. The van der Waals surface area contributed by atoms with Gasteiger partial charge in [-0.15, -0.1) is 0 Å². The fourth-order valence-corrected chi connectivity index (χ4v) is 6.77. The van der Waals surface area contributed by atoms with Crippen molar-refractivity contribution in [2.45, 2.75) is 31.3 Å². The maximum absolute atomic E-state index is 13.9. The number of benzene rings is 2. The van der Waals surface area contributed by atoms with Gasteiger partial charge in [0, 0.05) is 22.7 Å². The summed E-state index contributed by atoms with van der Waals surface area (Å²) in [5.41, 5.74) is 0.254. The van der Waals surface area contributed by atoms with Crippen molar-refractivity contribution >= 4 is 58.0 Å². The summed E-state index contributed by atoms with van der Waals surface area (Å²) < 4.78 is 0. The van der Waals surface area contributed by atoms with Crippen LogP contribution in [0.2, 0.25) is 10.0 Å². The van der Waals surface area contributed by atoms with Crippen LogP contribution in [0.1, 0.15) is 24.0 Å². The van der Waals surface area contributed by atoms with Gasteiger partial charge in [-0.3, -0.25) is 29.4 Å². The van der Waals surface area contributed by atoms with Gasteiger partial charge in [-0.1, -0.05) is 29.3 Å². The van der Waals surface area contributed by atoms with E-state index in [2.05, 4.69) is 5.32 Å². The van der Waals surface area contributed by atoms with Crippen molar-refractivity contribution in [3.05, 3.63) is 61.6 Å². The lowest BCUT2D eigenvalue weighted by molar-refractivity contribution is -0.384. The minimum absolute atomic E-state index is 0.0751. The summed E-state index contributed by atoms with van der Waals surface area (Å²) in [6.07, 6.45) is 1.46. The molecule has 4 heterocycles. The Kier molecular flexibility index (Phi) is 4.43. The van der Waals surface area contributed by atoms with Gasteiger partial charge in [0.05, 0.1) is 28.1 Å². The van der Waals surface area contributed by atoms with Crippen LogP contribution in [0.25, 0.3) is 0 Å². The van der Waals surface area contributed by atoms with Crippen molar-refractivity contribution in [3.63, 3.8) is 0 Å². The van der Waals surface area contributed by atoms with E-state index in [4.69, 9.17) is 23.2 Å². The molecule has 3 saturated heterocycles. The van der Waals surface area contributed by atoms with Gasteiger partial charge in [0.2, 0.25) is 17.7 Å². The van der Waals surface area contributed by atoms with Crippen LogP contribution in [0.15, 0.2) is 30.3 Å². The van der Waals surface area contributed by atoms with Crippen LogP contribution in [0.5, 0.6) is 0 Å². The Morgan fingerprint density at radius 2 is 1.85 bits per heavy atom. The first kappa shape index (κ1) is 21.5. The Morgan fingerprint density at radius 3 is 2.59 bits per heavy atom. The van der Waals surface area contributed by atoms with Crippen LogP contribution in [-0.2, 0) is 19.9 Å². The van der Waals surface area contributed by atoms with E-state index in [1.807, 2.05) is 4.90 Å². The van der Waals surface area contributed by atoms with Gasteiger partial charge in [-0.2, -0.15) is 0 Å². The molecule has 1 N–H and O–H groups in total. The molecular weight excluding hydrogens is 483 g/mol. The monoisotopic (exact) mass is 500 g/mol. The number of hydrogen-bond acceptors (Lipinski definition) is 6. The SMILES string of the molecule is Cc1c(Cl)ccc2c1NC(=O)[C@@]21[C@H]2C(=O)N(c3ccc(Cl)c([N+](=O)[O-])c3)C(=O)[C@@H]2[C@H]2CCCN21. The van der Waals surface area contributed by atoms with Crippen molar-refractivity contribution in [1.82, 2.24) is 4.90 Å². The number of nitrogens with one attached hydrogen (secondary N) is 1. The van der Waals surface area contributed by atoms with E-state index in [1.165, 1.54) is 12.1 Å². The van der Waals surface area contributed by atoms with Gasteiger partial charge < -0.3 is 5.32 Å².